The van der Waals surface area contributed by atoms with Gasteiger partial charge in [-0.25, -0.2) is 0 Å². The van der Waals surface area contributed by atoms with Crippen LogP contribution in [-0.4, -0.2) is 50.1 Å². The highest BCUT2D eigenvalue weighted by molar-refractivity contribution is 5.75. The monoisotopic (exact) mass is 215 g/mol. The molecular formula is C11H25N3O. The minimum absolute atomic E-state index is 0.102. The van der Waals surface area contributed by atoms with E-state index in [0.29, 0.717) is 6.42 Å². The van der Waals surface area contributed by atoms with Gasteiger partial charge in [-0.2, -0.15) is 0 Å². The van der Waals surface area contributed by atoms with Crippen LogP contribution >= 0.6 is 0 Å². The molecule has 0 saturated carbocycles. The summed E-state index contributed by atoms with van der Waals surface area (Å²) >= 11 is 0. The van der Waals surface area contributed by atoms with Crippen molar-refractivity contribution in [3.05, 3.63) is 0 Å². The summed E-state index contributed by atoms with van der Waals surface area (Å²) in [6, 6.07) is 0. The second kappa shape index (κ2) is 6.80. The smallest absolute Gasteiger partial charge is 0.221 e. The van der Waals surface area contributed by atoms with Gasteiger partial charge in [0.2, 0.25) is 5.91 Å². The van der Waals surface area contributed by atoms with E-state index in [-0.39, 0.29) is 11.4 Å². The van der Waals surface area contributed by atoms with Crippen molar-refractivity contribution in [3.63, 3.8) is 0 Å². The van der Waals surface area contributed by atoms with E-state index in [0.717, 1.165) is 19.6 Å². The Balaban J connectivity index is 3.49. The van der Waals surface area contributed by atoms with E-state index in [9.17, 15) is 4.79 Å². The molecule has 0 unspecified atom stereocenters. The fourth-order valence-corrected chi connectivity index (χ4v) is 1.15. The van der Waals surface area contributed by atoms with Gasteiger partial charge in [0.15, 0.2) is 0 Å². The molecule has 4 heteroatoms. The Hall–Kier alpha value is -0.610. The molecule has 0 aromatic heterocycles. The van der Waals surface area contributed by atoms with Gasteiger partial charge in [-0.3, -0.25) is 4.79 Å². The zero-order chi connectivity index (χ0) is 11.9. The molecule has 0 aliphatic rings. The van der Waals surface area contributed by atoms with Crippen molar-refractivity contribution in [1.82, 2.24) is 15.5 Å². The Labute approximate surface area is 93.4 Å². The molecule has 15 heavy (non-hydrogen) atoms. The van der Waals surface area contributed by atoms with E-state index in [2.05, 4.69) is 36.3 Å². The molecule has 4 nitrogen and oxygen atoms in total. The highest BCUT2D eigenvalue weighted by Crippen LogP contribution is 1.97. The summed E-state index contributed by atoms with van der Waals surface area (Å²) in [4.78, 5) is 13.2. The van der Waals surface area contributed by atoms with Crippen LogP contribution in [0.25, 0.3) is 0 Å². The van der Waals surface area contributed by atoms with Crippen LogP contribution < -0.4 is 10.6 Å². The van der Waals surface area contributed by atoms with Gasteiger partial charge in [0.05, 0.1) is 0 Å². The first kappa shape index (κ1) is 14.4. The molecule has 0 atom stereocenters. The zero-order valence-corrected chi connectivity index (χ0v) is 10.7. The lowest BCUT2D eigenvalue weighted by Gasteiger charge is -2.23. The average molecular weight is 215 g/mol. The Morgan fingerprint density at radius 3 is 2.33 bits per heavy atom. The maximum atomic E-state index is 11.0. The van der Waals surface area contributed by atoms with Gasteiger partial charge in [0, 0.05) is 38.6 Å². The topological polar surface area (TPSA) is 44.4 Å². The number of rotatable bonds is 6. The molecule has 0 radical (unpaired) electrons. The van der Waals surface area contributed by atoms with Crippen LogP contribution in [0.3, 0.4) is 0 Å². The SMILES string of the molecule is CNC(=O)CCN(C)CCNC(C)(C)C. The molecule has 2 N–H and O–H groups in total. The van der Waals surface area contributed by atoms with Crippen molar-refractivity contribution in [3.8, 4) is 0 Å². The van der Waals surface area contributed by atoms with Gasteiger partial charge < -0.3 is 15.5 Å². The van der Waals surface area contributed by atoms with Crippen molar-refractivity contribution < 1.29 is 4.79 Å². The number of carbonyl (C=O) groups is 1. The lowest BCUT2D eigenvalue weighted by molar-refractivity contribution is -0.120. The second-order valence-corrected chi connectivity index (χ2v) is 4.90. The summed E-state index contributed by atoms with van der Waals surface area (Å²) in [5, 5.41) is 6.03. The summed E-state index contributed by atoms with van der Waals surface area (Å²) < 4.78 is 0. The predicted octanol–water partition coefficient (Wildman–Crippen LogP) is 0.442. The second-order valence-electron chi connectivity index (χ2n) is 4.90. The van der Waals surface area contributed by atoms with Crippen molar-refractivity contribution >= 4 is 5.91 Å². The van der Waals surface area contributed by atoms with Crippen LogP contribution in [0.15, 0.2) is 0 Å². The van der Waals surface area contributed by atoms with E-state index in [4.69, 9.17) is 0 Å². The first-order valence-electron chi connectivity index (χ1n) is 5.49. The predicted molar refractivity (Wildman–Crippen MR) is 63.9 cm³/mol. The fourth-order valence-electron chi connectivity index (χ4n) is 1.15. The molecule has 0 aromatic rings. The minimum atomic E-state index is 0.102. The first-order valence-corrected chi connectivity index (χ1v) is 5.49. The quantitative estimate of drug-likeness (QED) is 0.676. The third kappa shape index (κ3) is 9.69. The highest BCUT2D eigenvalue weighted by Gasteiger charge is 2.08. The van der Waals surface area contributed by atoms with Crippen molar-refractivity contribution in [2.45, 2.75) is 32.7 Å². The largest absolute Gasteiger partial charge is 0.359 e. The number of likely N-dealkylation sites (N-methyl/N-ethyl adjacent to an activating group) is 1. The maximum absolute atomic E-state index is 11.0. The number of hydrogen-bond donors (Lipinski definition) is 2. The summed E-state index contributed by atoms with van der Waals surface area (Å²) in [7, 11) is 3.71. The molecule has 0 aliphatic carbocycles. The van der Waals surface area contributed by atoms with Gasteiger partial charge in [-0.1, -0.05) is 0 Å². The van der Waals surface area contributed by atoms with Crippen LogP contribution in [0.5, 0.6) is 0 Å². The first-order chi connectivity index (χ1) is 6.85. The molecule has 90 valence electrons. The molecule has 0 fully saturated rings. The van der Waals surface area contributed by atoms with E-state index in [1.54, 1.807) is 7.05 Å². The van der Waals surface area contributed by atoms with Crippen LogP contribution in [0.4, 0.5) is 0 Å². The summed E-state index contributed by atoms with van der Waals surface area (Å²) in [6.07, 6.45) is 0.572. The number of hydrogen-bond acceptors (Lipinski definition) is 3. The average Bonchev–Trinajstić information content (AvgIpc) is 2.12. The molecule has 0 bridgehead atoms. The molecule has 0 aliphatic heterocycles. The maximum Gasteiger partial charge on any atom is 0.221 e. The van der Waals surface area contributed by atoms with Crippen molar-refractivity contribution in [1.29, 1.82) is 0 Å². The molecule has 0 spiro atoms. The zero-order valence-electron chi connectivity index (χ0n) is 10.7. The molecule has 0 heterocycles. The Bertz CT molecular complexity index is 187. The molecular weight excluding hydrogens is 190 g/mol. The Morgan fingerprint density at radius 2 is 1.87 bits per heavy atom. The van der Waals surface area contributed by atoms with Gasteiger partial charge in [0.1, 0.15) is 0 Å². The number of carbonyl (C=O) groups excluding carboxylic acids is 1. The van der Waals surface area contributed by atoms with Gasteiger partial charge >= 0.3 is 0 Å². The summed E-state index contributed by atoms with van der Waals surface area (Å²) in [5.74, 6) is 0.102. The van der Waals surface area contributed by atoms with Crippen LogP contribution in [0, 0.1) is 0 Å². The third-order valence-corrected chi connectivity index (χ3v) is 2.15. The lowest BCUT2D eigenvalue weighted by Crippen LogP contribution is -2.41. The molecule has 1 amide bonds. The fraction of sp³-hybridized carbons (Fsp3) is 0.909. The van der Waals surface area contributed by atoms with Gasteiger partial charge in [-0.05, 0) is 27.8 Å². The molecule has 0 aromatic carbocycles. The van der Waals surface area contributed by atoms with Crippen molar-refractivity contribution in [2.75, 3.05) is 33.7 Å². The number of nitrogens with one attached hydrogen (secondary N) is 2. The molecule has 0 rings (SSSR count). The Kier molecular flexibility index (Phi) is 6.52. The highest BCUT2D eigenvalue weighted by atomic mass is 16.1. The summed E-state index contributed by atoms with van der Waals surface area (Å²) in [5.41, 5.74) is 0.168. The standard InChI is InChI=1S/C11H25N3O/c1-11(2,3)13-7-9-14(5)8-6-10(15)12-4/h13H,6-9H2,1-5H3,(H,12,15). The van der Waals surface area contributed by atoms with E-state index in [1.165, 1.54) is 0 Å². The normalized spacial score (nSPS) is 11.9. The Morgan fingerprint density at radius 1 is 1.27 bits per heavy atom. The minimum Gasteiger partial charge on any atom is -0.359 e. The number of amides is 1. The van der Waals surface area contributed by atoms with E-state index >= 15 is 0 Å². The van der Waals surface area contributed by atoms with Crippen LogP contribution in [0.2, 0.25) is 0 Å². The van der Waals surface area contributed by atoms with Crippen molar-refractivity contribution in [2.24, 2.45) is 0 Å². The number of nitrogens with zero attached hydrogens (tertiary/aromatic N) is 1. The molecule has 0 saturated heterocycles. The van der Waals surface area contributed by atoms with E-state index in [1.807, 2.05) is 7.05 Å². The van der Waals surface area contributed by atoms with Gasteiger partial charge in [-0.15, -0.1) is 0 Å². The third-order valence-electron chi connectivity index (χ3n) is 2.15. The summed E-state index contributed by atoms with van der Waals surface area (Å²) in [6.45, 7) is 9.18. The lowest BCUT2D eigenvalue weighted by atomic mass is 10.1. The van der Waals surface area contributed by atoms with Crippen LogP contribution in [0.1, 0.15) is 27.2 Å². The van der Waals surface area contributed by atoms with Gasteiger partial charge in [0.25, 0.3) is 0 Å². The van der Waals surface area contributed by atoms with Crippen LogP contribution in [-0.2, 0) is 4.79 Å². The van der Waals surface area contributed by atoms with E-state index < -0.39 is 0 Å².